The molecule has 1 atom stereocenters. The number of ketones is 1. The predicted octanol–water partition coefficient (Wildman–Crippen LogP) is 2.59. The molecule has 1 aromatic carbocycles. The Labute approximate surface area is 136 Å². The number of rotatable bonds is 6. The smallest absolute Gasteiger partial charge is 0.328 e. The highest BCUT2D eigenvalue weighted by Crippen LogP contribution is 2.20. The minimum Gasteiger partial charge on any atom is -0.464 e. The molecule has 1 fully saturated rings. The third-order valence-electron chi connectivity index (χ3n) is 4.01. The minimum atomic E-state index is -0.638. The predicted molar refractivity (Wildman–Crippen MR) is 86.0 cm³/mol. The lowest BCUT2D eigenvalue weighted by atomic mass is 10.0. The Kier molecular flexibility index (Phi) is 6.32. The van der Waals surface area contributed by atoms with E-state index in [0.717, 1.165) is 25.7 Å². The maximum Gasteiger partial charge on any atom is 0.328 e. The zero-order valence-electron chi connectivity index (χ0n) is 13.5. The summed E-state index contributed by atoms with van der Waals surface area (Å²) in [6.45, 7) is 2.80. The van der Waals surface area contributed by atoms with E-state index in [9.17, 15) is 14.4 Å². The van der Waals surface area contributed by atoms with Crippen LogP contribution < -0.4 is 0 Å². The van der Waals surface area contributed by atoms with E-state index in [0.29, 0.717) is 25.1 Å². The van der Waals surface area contributed by atoms with Gasteiger partial charge in [-0.1, -0.05) is 43.7 Å². The van der Waals surface area contributed by atoms with E-state index in [2.05, 4.69) is 0 Å². The zero-order valence-corrected chi connectivity index (χ0v) is 13.5. The summed E-state index contributed by atoms with van der Waals surface area (Å²) in [7, 11) is 0. The topological polar surface area (TPSA) is 63.7 Å². The molecule has 0 aromatic heterocycles. The summed E-state index contributed by atoms with van der Waals surface area (Å²) in [5.41, 5.74) is 0.348. The Bertz CT molecular complexity index is 555. The number of nitrogens with zero attached hydrogens (tertiary/aromatic N) is 1. The van der Waals surface area contributed by atoms with Crippen LogP contribution in [0.1, 0.15) is 49.4 Å². The summed E-state index contributed by atoms with van der Waals surface area (Å²) in [5.74, 6) is -1.58. The summed E-state index contributed by atoms with van der Waals surface area (Å²) in [6, 6.07) is 7.80. The van der Waals surface area contributed by atoms with Crippen molar-refractivity contribution in [1.29, 1.82) is 0 Å². The Morgan fingerprint density at radius 2 is 1.91 bits per heavy atom. The van der Waals surface area contributed by atoms with Gasteiger partial charge in [0.05, 0.1) is 6.61 Å². The average Bonchev–Trinajstić information content (AvgIpc) is 2.61. The van der Waals surface area contributed by atoms with Crippen LogP contribution in [0.2, 0.25) is 0 Å². The van der Waals surface area contributed by atoms with E-state index in [1.54, 1.807) is 30.3 Å². The molecule has 0 radical (unpaired) electrons. The lowest BCUT2D eigenvalue weighted by Gasteiger charge is -2.33. The summed E-state index contributed by atoms with van der Waals surface area (Å²) < 4.78 is 5.24. The van der Waals surface area contributed by atoms with Gasteiger partial charge in [0.25, 0.3) is 5.91 Å². The van der Waals surface area contributed by atoms with E-state index < -0.39 is 23.7 Å². The number of piperidine rings is 1. The van der Waals surface area contributed by atoms with E-state index in [4.69, 9.17) is 4.74 Å². The van der Waals surface area contributed by atoms with Gasteiger partial charge in [-0.2, -0.15) is 0 Å². The monoisotopic (exact) mass is 317 g/mol. The van der Waals surface area contributed by atoms with Gasteiger partial charge in [-0.25, -0.2) is 4.79 Å². The van der Waals surface area contributed by atoms with Gasteiger partial charge in [-0.15, -0.1) is 0 Å². The molecule has 1 saturated heterocycles. The van der Waals surface area contributed by atoms with Crippen molar-refractivity contribution in [3.63, 3.8) is 0 Å². The SMILES string of the molecule is CCCCOC(=O)C1CCCCN1C(=O)C(=O)c1ccccc1. The molecule has 2 rings (SSSR count). The molecule has 124 valence electrons. The summed E-state index contributed by atoms with van der Waals surface area (Å²) in [6.07, 6.45) is 3.95. The molecule has 0 aliphatic carbocycles. The molecule has 5 nitrogen and oxygen atoms in total. The fraction of sp³-hybridized carbons (Fsp3) is 0.500. The van der Waals surface area contributed by atoms with Crippen molar-refractivity contribution in [1.82, 2.24) is 4.90 Å². The number of carbonyl (C=O) groups excluding carboxylic acids is 3. The Morgan fingerprint density at radius 3 is 2.61 bits per heavy atom. The number of hydrogen-bond donors (Lipinski definition) is 0. The third-order valence-corrected chi connectivity index (χ3v) is 4.01. The van der Waals surface area contributed by atoms with Gasteiger partial charge in [0.15, 0.2) is 0 Å². The molecular formula is C18H23NO4. The minimum absolute atomic E-state index is 0.348. The molecule has 0 N–H and O–H groups in total. The van der Waals surface area contributed by atoms with Gasteiger partial charge < -0.3 is 9.64 Å². The van der Waals surface area contributed by atoms with Crippen LogP contribution in [0.25, 0.3) is 0 Å². The number of benzene rings is 1. The first-order valence-corrected chi connectivity index (χ1v) is 8.22. The molecule has 1 aromatic rings. The van der Waals surface area contributed by atoms with Crippen LogP contribution >= 0.6 is 0 Å². The second kappa shape index (κ2) is 8.46. The number of amides is 1. The van der Waals surface area contributed by atoms with Gasteiger partial charge in [-0.05, 0) is 25.7 Å². The van der Waals surface area contributed by atoms with Crippen molar-refractivity contribution in [2.24, 2.45) is 0 Å². The maximum atomic E-state index is 12.5. The first kappa shape index (κ1) is 17.2. The highest BCUT2D eigenvalue weighted by molar-refractivity contribution is 6.43. The first-order valence-electron chi connectivity index (χ1n) is 8.22. The van der Waals surface area contributed by atoms with Gasteiger partial charge in [0.2, 0.25) is 5.78 Å². The second-order valence-electron chi connectivity index (χ2n) is 5.73. The van der Waals surface area contributed by atoms with Crippen LogP contribution in [-0.2, 0) is 14.3 Å². The van der Waals surface area contributed by atoms with Crippen molar-refractivity contribution in [3.05, 3.63) is 35.9 Å². The highest BCUT2D eigenvalue weighted by atomic mass is 16.5. The average molecular weight is 317 g/mol. The number of ether oxygens (including phenoxy) is 1. The maximum absolute atomic E-state index is 12.5. The molecule has 1 heterocycles. The second-order valence-corrected chi connectivity index (χ2v) is 5.73. The van der Waals surface area contributed by atoms with Crippen LogP contribution in [0, 0.1) is 0 Å². The standard InChI is InChI=1S/C18H23NO4/c1-2-3-13-23-18(22)15-11-7-8-12-19(15)17(21)16(20)14-9-5-4-6-10-14/h4-6,9-10,15H,2-3,7-8,11-13H2,1H3. The molecule has 0 bridgehead atoms. The first-order chi connectivity index (χ1) is 11.1. The van der Waals surface area contributed by atoms with Crippen molar-refractivity contribution < 1.29 is 19.1 Å². The van der Waals surface area contributed by atoms with Crippen molar-refractivity contribution in [2.45, 2.75) is 45.1 Å². The number of unbranched alkanes of at least 4 members (excludes halogenated alkanes) is 1. The summed E-state index contributed by atoms with van der Waals surface area (Å²) in [5, 5.41) is 0. The number of esters is 1. The van der Waals surface area contributed by atoms with Crippen LogP contribution in [0.3, 0.4) is 0 Å². The Hall–Kier alpha value is -2.17. The van der Waals surface area contributed by atoms with E-state index >= 15 is 0 Å². The lowest BCUT2D eigenvalue weighted by molar-refractivity contribution is -0.155. The van der Waals surface area contributed by atoms with Crippen LogP contribution in [0.15, 0.2) is 30.3 Å². The molecule has 0 saturated carbocycles. The van der Waals surface area contributed by atoms with Gasteiger partial charge in [0.1, 0.15) is 6.04 Å². The summed E-state index contributed by atoms with van der Waals surface area (Å²) >= 11 is 0. The van der Waals surface area contributed by atoms with Crippen molar-refractivity contribution in [2.75, 3.05) is 13.2 Å². The van der Waals surface area contributed by atoms with Crippen molar-refractivity contribution in [3.8, 4) is 0 Å². The molecular weight excluding hydrogens is 294 g/mol. The van der Waals surface area contributed by atoms with Crippen LogP contribution in [0.4, 0.5) is 0 Å². The number of carbonyl (C=O) groups is 3. The summed E-state index contributed by atoms with van der Waals surface area (Å²) in [4.78, 5) is 38.4. The fourth-order valence-corrected chi connectivity index (χ4v) is 2.68. The van der Waals surface area contributed by atoms with Crippen molar-refractivity contribution >= 4 is 17.7 Å². The van der Waals surface area contributed by atoms with Crippen LogP contribution in [0.5, 0.6) is 0 Å². The largest absolute Gasteiger partial charge is 0.464 e. The number of likely N-dealkylation sites (tertiary alicyclic amines) is 1. The van der Waals surface area contributed by atoms with E-state index in [1.807, 2.05) is 6.92 Å². The molecule has 1 amide bonds. The molecule has 1 unspecified atom stereocenters. The lowest BCUT2D eigenvalue weighted by Crippen LogP contribution is -2.51. The van der Waals surface area contributed by atoms with Gasteiger partial charge in [0, 0.05) is 12.1 Å². The normalized spacial score (nSPS) is 17.6. The van der Waals surface area contributed by atoms with Crippen LogP contribution in [-0.4, -0.2) is 41.8 Å². The molecule has 5 heteroatoms. The molecule has 1 aliphatic heterocycles. The number of hydrogen-bond acceptors (Lipinski definition) is 4. The quantitative estimate of drug-likeness (QED) is 0.350. The highest BCUT2D eigenvalue weighted by Gasteiger charge is 2.36. The fourth-order valence-electron chi connectivity index (χ4n) is 2.68. The van der Waals surface area contributed by atoms with E-state index in [1.165, 1.54) is 4.90 Å². The van der Waals surface area contributed by atoms with Gasteiger partial charge >= 0.3 is 5.97 Å². The Morgan fingerprint density at radius 1 is 1.17 bits per heavy atom. The Balaban J connectivity index is 2.06. The molecule has 23 heavy (non-hydrogen) atoms. The third kappa shape index (κ3) is 4.41. The van der Waals surface area contributed by atoms with Gasteiger partial charge in [-0.3, -0.25) is 9.59 Å². The number of Topliss-reactive ketones (excluding diaryl/α,β-unsaturated/α-hetero) is 1. The molecule has 1 aliphatic rings. The zero-order chi connectivity index (χ0) is 16.7. The molecule has 0 spiro atoms. The van der Waals surface area contributed by atoms with E-state index in [-0.39, 0.29) is 0 Å².